The smallest absolute Gasteiger partial charge is 0.166 e. The highest BCUT2D eigenvalue weighted by atomic mass is 16.5. The maximum absolute atomic E-state index is 10.9. The third-order valence-corrected chi connectivity index (χ3v) is 3.01. The van der Waals surface area contributed by atoms with Crippen molar-refractivity contribution in [2.24, 2.45) is 0 Å². The predicted molar refractivity (Wildman–Crippen MR) is 58.8 cm³/mol. The number of aldehydes is 1. The molecule has 82 valence electrons. The molecule has 1 aliphatic rings. The molecule has 4 heteroatoms. The second-order valence-corrected chi connectivity index (χ2v) is 4.02. The number of hydrogen-bond acceptors (Lipinski definition) is 3. The molecule has 16 heavy (non-hydrogen) atoms. The van der Waals surface area contributed by atoms with E-state index in [1.165, 1.54) is 0 Å². The molecule has 2 aromatic heterocycles. The van der Waals surface area contributed by atoms with Crippen LogP contribution in [0.3, 0.4) is 0 Å². The quantitative estimate of drug-likeness (QED) is 0.717. The summed E-state index contributed by atoms with van der Waals surface area (Å²) < 4.78 is 7.18. The standard InChI is InChI=1S/C12H12N2O2/c15-7-10-2-1-3-12-13-11(6-14(10)12)9-4-5-16-8-9/h1-3,6-7,9H,4-5,8H2. The van der Waals surface area contributed by atoms with Gasteiger partial charge in [-0.1, -0.05) is 6.07 Å². The van der Waals surface area contributed by atoms with Crippen molar-refractivity contribution in [3.05, 3.63) is 35.8 Å². The molecule has 3 heterocycles. The van der Waals surface area contributed by atoms with Crippen LogP contribution in [0.15, 0.2) is 24.4 Å². The Balaban J connectivity index is 2.11. The number of fused-ring (bicyclic) bond motifs is 1. The lowest BCUT2D eigenvalue weighted by Gasteiger charge is -2.00. The van der Waals surface area contributed by atoms with Crippen LogP contribution in [0.25, 0.3) is 5.65 Å². The number of ether oxygens (including phenoxy) is 1. The molecule has 1 fully saturated rings. The molecule has 3 rings (SSSR count). The van der Waals surface area contributed by atoms with Crippen LogP contribution in [-0.2, 0) is 4.74 Å². The number of carbonyl (C=O) groups excluding carboxylic acids is 1. The van der Waals surface area contributed by atoms with Gasteiger partial charge in [-0.25, -0.2) is 4.98 Å². The van der Waals surface area contributed by atoms with Crippen molar-refractivity contribution in [1.82, 2.24) is 9.38 Å². The first-order valence-corrected chi connectivity index (χ1v) is 5.39. The average molecular weight is 216 g/mol. The lowest BCUT2D eigenvalue weighted by Crippen LogP contribution is -1.97. The van der Waals surface area contributed by atoms with Gasteiger partial charge in [0.1, 0.15) is 5.65 Å². The second-order valence-electron chi connectivity index (χ2n) is 4.02. The zero-order valence-electron chi connectivity index (χ0n) is 8.80. The molecule has 1 unspecified atom stereocenters. The van der Waals surface area contributed by atoms with Crippen LogP contribution in [0.2, 0.25) is 0 Å². The fraction of sp³-hybridized carbons (Fsp3) is 0.333. The topological polar surface area (TPSA) is 43.6 Å². The molecule has 0 aromatic carbocycles. The lowest BCUT2D eigenvalue weighted by atomic mass is 10.1. The Morgan fingerprint density at radius 3 is 3.19 bits per heavy atom. The minimum absolute atomic E-state index is 0.374. The molecule has 0 radical (unpaired) electrons. The van der Waals surface area contributed by atoms with Crippen LogP contribution < -0.4 is 0 Å². The van der Waals surface area contributed by atoms with Gasteiger partial charge < -0.3 is 4.74 Å². The highest BCUT2D eigenvalue weighted by Gasteiger charge is 2.20. The Morgan fingerprint density at radius 2 is 2.44 bits per heavy atom. The van der Waals surface area contributed by atoms with Crippen LogP contribution in [0.5, 0.6) is 0 Å². The van der Waals surface area contributed by atoms with Gasteiger partial charge in [0.2, 0.25) is 0 Å². The Hall–Kier alpha value is -1.68. The molecule has 0 spiro atoms. The molecule has 0 aliphatic carbocycles. The van der Waals surface area contributed by atoms with Crippen molar-refractivity contribution in [2.45, 2.75) is 12.3 Å². The Morgan fingerprint density at radius 1 is 1.50 bits per heavy atom. The fourth-order valence-corrected chi connectivity index (χ4v) is 2.11. The molecule has 0 bridgehead atoms. The van der Waals surface area contributed by atoms with Crippen molar-refractivity contribution in [2.75, 3.05) is 13.2 Å². The summed E-state index contributed by atoms with van der Waals surface area (Å²) in [4.78, 5) is 15.4. The van der Waals surface area contributed by atoms with Crippen LogP contribution in [0.1, 0.15) is 28.5 Å². The van der Waals surface area contributed by atoms with Gasteiger partial charge in [0.25, 0.3) is 0 Å². The van der Waals surface area contributed by atoms with E-state index < -0.39 is 0 Å². The minimum Gasteiger partial charge on any atom is -0.381 e. The molecule has 1 aliphatic heterocycles. The number of aromatic nitrogens is 2. The summed E-state index contributed by atoms with van der Waals surface area (Å²) in [6.07, 6.45) is 3.81. The van der Waals surface area contributed by atoms with E-state index in [1.54, 1.807) is 6.07 Å². The van der Waals surface area contributed by atoms with Crippen LogP contribution in [0.4, 0.5) is 0 Å². The molecular weight excluding hydrogens is 204 g/mol. The maximum Gasteiger partial charge on any atom is 0.166 e. The molecule has 1 atom stereocenters. The van der Waals surface area contributed by atoms with E-state index in [-0.39, 0.29) is 0 Å². The van der Waals surface area contributed by atoms with E-state index in [2.05, 4.69) is 4.98 Å². The monoisotopic (exact) mass is 216 g/mol. The summed E-state index contributed by atoms with van der Waals surface area (Å²) in [6, 6.07) is 5.55. The van der Waals surface area contributed by atoms with Crippen molar-refractivity contribution < 1.29 is 9.53 Å². The van der Waals surface area contributed by atoms with E-state index in [1.807, 2.05) is 22.7 Å². The molecule has 1 saturated heterocycles. The highest BCUT2D eigenvalue weighted by molar-refractivity contribution is 5.73. The number of pyridine rings is 1. The Kier molecular flexibility index (Phi) is 2.22. The van der Waals surface area contributed by atoms with Crippen molar-refractivity contribution in [3.63, 3.8) is 0 Å². The summed E-state index contributed by atoms with van der Waals surface area (Å²) in [5.74, 6) is 0.374. The number of imidazole rings is 1. The number of rotatable bonds is 2. The molecule has 2 aromatic rings. The van der Waals surface area contributed by atoms with Crippen molar-refractivity contribution >= 4 is 11.9 Å². The second kappa shape index (κ2) is 3.72. The van der Waals surface area contributed by atoms with Gasteiger partial charge in [-0.05, 0) is 18.6 Å². The summed E-state index contributed by atoms with van der Waals surface area (Å²) in [5, 5.41) is 0. The van der Waals surface area contributed by atoms with Gasteiger partial charge in [0.05, 0.1) is 18.0 Å². The van der Waals surface area contributed by atoms with Gasteiger partial charge in [0.15, 0.2) is 6.29 Å². The predicted octanol–water partition coefficient (Wildman–Crippen LogP) is 1.65. The van der Waals surface area contributed by atoms with Crippen LogP contribution >= 0.6 is 0 Å². The molecule has 0 N–H and O–H groups in total. The zero-order valence-corrected chi connectivity index (χ0v) is 8.80. The summed E-state index contributed by atoms with van der Waals surface area (Å²) in [6.45, 7) is 1.54. The van der Waals surface area contributed by atoms with Gasteiger partial charge in [-0.15, -0.1) is 0 Å². The van der Waals surface area contributed by atoms with Crippen LogP contribution in [-0.4, -0.2) is 28.9 Å². The molecule has 0 amide bonds. The van der Waals surface area contributed by atoms with E-state index in [9.17, 15) is 4.79 Å². The van der Waals surface area contributed by atoms with Crippen LogP contribution in [0, 0.1) is 0 Å². The van der Waals surface area contributed by atoms with Gasteiger partial charge in [-0.3, -0.25) is 9.20 Å². The summed E-state index contributed by atoms with van der Waals surface area (Å²) >= 11 is 0. The maximum atomic E-state index is 10.9. The van der Waals surface area contributed by atoms with Gasteiger partial charge >= 0.3 is 0 Å². The number of nitrogens with zero attached hydrogens (tertiary/aromatic N) is 2. The Bertz CT molecular complexity index is 527. The van der Waals surface area contributed by atoms with E-state index in [4.69, 9.17) is 4.74 Å². The van der Waals surface area contributed by atoms with E-state index in [0.717, 1.165) is 37.3 Å². The first-order valence-electron chi connectivity index (χ1n) is 5.39. The van der Waals surface area contributed by atoms with E-state index >= 15 is 0 Å². The first-order chi connectivity index (χ1) is 7.88. The SMILES string of the molecule is O=Cc1cccc2nc(C3CCOC3)cn12. The largest absolute Gasteiger partial charge is 0.381 e. The fourth-order valence-electron chi connectivity index (χ4n) is 2.11. The number of carbonyl (C=O) groups is 1. The third-order valence-electron chi connectivity index (χ3n) is 3.01. The van der Waals surface area contributed by atoms with Gasteiger partial charge in [0, 0.05) is 18.7 Å². The van der Waals surface area contributed by atoms with E-state index in [0.29, 0.717) is 11.6 Å². The highest BCUT2D eigenvalue weighted by Crippen LogP contribution is 2.24. The normalized spacial score (nSPS) is 20.4. The average Bonchev–Trinajstić information content (AvgIpc) is 2.96. The van der Waals surface area contributed by atoms with Gasteiger partial charge in [-0.2, -0.15) is 0 Å². The Labute approximate surface area is 92.9 Å². The summed E-state index contributed by atoms with van der Waals surface area (Å²) in [5.41, 5.74) is 2.48. The third kappa shape index (κ3) is 1.42. The summed E-state index contributed by atoms with van der Waals surface area (Å²) in [7, 11) is 0. The van der Waals surface area contributed by atoms with Crippen molar-refractivity contribution in [3.8, 4) is 0 Å². The molecule has 0 saturated carbocycles. The first kappa shape index (κ1) is 9.54. The van der Waals surface area contributed by atoms with Crippen molar-refractivity contribution in [1.29, 1.82) is 0 Å². The molecule has 4 nitrogen and oxygen atoms in total. The zero-order chi connectivity index (χ0) is 11.0. The molecular formula is C12H12N2O2. The number of hydrogen-bond donors (Lipinski definition) is 0. The minimum atomic E-state index is 0.374. The lowest BCUT2D eigenvalue weighted by molar-refractivity contribution is 0.111.